The van der Waals surface area contributed by atoms with Crippen LogP contribution in [-0.4, -0.2) is 43.8 Å². The number of halogens is 2. The SMILES string of the molecule is Cc1ccc(S(=O)(=O)N(CC(=O)N(Cc2ccccc2F)[C@@H](C)C(=O)NC2CCCCC2)c2ccccc2Cl)cc1. The van der Waals surface area contributed by atoms with E-state index in [2.05, 4.69) is 5.32 Å². The maximum absolute atomic E-state index is 14.7. The van der Waals surface area contributed by atoms with Gasteiger partial charge in [0.15, 0.2) is 0 Å². The van der Waals surface area contributed by atoms with Crippen LogP contribution in [0.3, 0.4) is 0 Å². The molecule has 1 aliphatic rings. The predicted molar refractivity (Wildman–Crippen MR) is 159 cm³/mol. The first-order valence-electron chi connectivity index (χ1n) is 13.7. The molecular formula is C31H35ClFN3O4S. The standard InChI is InChI=1S/C31H35ClFN3O4S/c1-22-16-18-26(19-17-22)41(39,40)36(29-15-9-7-13-27(29)32)21-30(37)35(20-24-10-6-8-14-28(24)33)23(2)31(38)34-25-11-4-3-5-12-25/h6-10,13-19,23,25H,3-5,11-12,20-21H2,1-2H3,(H,34,38)/t23-/m0/s1. The Morgan fingerprint density at radius 1 is 0.976 bits per heavy atom. The van der Waals surface area contributed by atoms with Crippen LogP contribution in [0.1, 0.15) is 50.2 Å². The summed E-state index contributed by atoms with van der Waals surface area (Å²) in [6.45, 7) is 2.55. The number of sulfonamides is 1. The second-order valence-electron chi connectivity index (χ2n) is 10.4. The molecule has 0 aliphatic heterocycles. The number of nitrogens with one attached hydrogen (secondary N) is 1. The van der Waals surface area contributed by atoms with Gasteiger partial charge < -0.3 is 10.2 Å². The zero-order valence-electron chi connectivity index (χ0n) is 23.2. The fourth-order valence-electron chi connectivity index (χ4n) is 4.97. The summed E-state index contributed by atoms with van der Waals surface area (Å²) in [6.07, 6.45) is 4.86. The average molecular weight is 600 g/mol. The summed E-state index contributed by atoms with van der Waals surface area (Å²) in [5, 5.41) is 3.17. The maximum Gasteiger partial charge on any atom is 0.264 e. The van der Waals surface area contributed by atoms with E-state index >= 15 is 0 Å². The number of hydrogen-bond acceptors (Lipinski definition) is 4. The predicted octanol–water partition coefficient (Wildman–Crippen LogP) is 5.85. The lowest BCUT2D eigenvalue weighted by atomic mass is 9.95. The normalized spacial score (nSPS) is 14.7. The smallest absolute Gasteiger partial charge is 0.264 e. The Hall–Kier alpha value is -3.43. The highest BCUT2D eigenvalue weighted by molar-refractivity contribution is 7.92. The third-order valence-corrected chi connectivity index (χ3v) is 9.52. The van der Waals surface area contributed by atoms with E-state index in [0.29, 0.717) is 0 Å². The lowest BCUT2D eigenvalue weighted by molar-refractivity contribution is -0.139. The number of para-hydroxylation sites is 1. The van der Waals surface area contributed by atoms with Crippen molar-refractivity contribution < 1.29 is 22.4 Å². The number of nitrogens with zero attached hydrogens (tertiary/aromatic N) is 2. The third kappa shape index (κ3) is 7.45. The van der Waals surface area contributed by atoms with Crippen molar-refractivity contribution in [2.24, 2.45) is 0 Å². The zero-order valence-corrected chi connectivity index (χ0v) is 24.8. The molecule has 1 saturated carbocycles. The summed E-state index contributed by atoms with van der Waals surface area (Å²) in [6, 6.07) is 17.6. The zero-order chi connectivity index (χ0) is 29.6. The van der Waals surface area contributed by atoms with Crippen molar-refractivity contribution >= 4 is 39.1 Å². The molecule has 0 aromatic heterocycles. The van der Waals surface area contributed by atoms with Gasteiger partial charge in [-0.1, -0.05) is 78.9 Å². The molecule has 2 amide bonds. The van der Waals surface area contributed by atoms with E-state index in [-0.39, 0.29) is 39.7 Å². The number of carbonyl (C=O) groups excluding carboxylic acids is 2. The van der Waals surface area contributed by atoms with E-state index in [0.717, 1.165) is 42.0 Å². The molecule has 1 atom stereocenters. The van der Waals surface area contributed by atoms with E-state index in [1.165, 1.54) is 47.4 Å². The van der Waals surface area contributed by atoms with E-state index in [1.54, 1.807) is 37.3 Å². The molecule has 41 heavy (non-hydrogen) atoms. The Morgan fingerprint density at radius 2 is 1.61 bits per heavy atom. The van der Waals surface area contributed by atoms with Crippen LogP contribution in [0, 0.1) is 12.7 Å². The maximum atomic E-state index is 14.7. The summed E-state index contributed by atoms with van der Waals surface area (Å²) in [7, 11) is -4.24. The summed E-state index contributed by atoms with van der Waals surface area (Å²) < 4.78 is 43.4. The minimum Gasteiger partial charge on any atom is -0.352 e. The van der Waals surface area contributed by atoms with Gasteiger partial charge in [0.25, 0.3) is 10.0 Å². The molecule has 1 N–H and O–H groups in total. The van der Waals surface area contributed by atoms with Crippen LogP contribution in [0.4, 0.5) is 10.1 Å². The highest BCUT2D eigenvalue weighted by Gasteiger charge is 2.34. The number of aryl methyl sites for hydroxylation is 1. The van der Waals surface area contributed by atoms with Crippen molar-refractivity contribution in [2.75, 3.05) is 10.8 Å². The summed E-state index contributed by atoms with van der Waals surface area (Å²) in [4.78, 5) is 28.6. The quantitative estimate of drug-likeness (QED) is 0.317. The number of rotatable bonds is 10. The fraction of sp³-hybridized carbons (Fsp3) is 0.355. The molecule has 0 unspecified atom stereocenters. The number of anilines is 1. The number of hydrogen-bond donors (Lipinski definition) is 1. The van der Waals surface area contributed by atoms with Gasteiger partial charge in [0, 0.05) is 18.2 Å². The number of amides is 2. The lowest BCUT2D eigenvalue weighted by Crippen LogP contribution is -2.53. The van der Waals surface area contributed by atoms with Crippen LogP contribution in [0.15, 0.2) is 77.7 Å². The Morgan fingerprint density at radius 3 is 2.27 bits per heavy atom. The van der Waals surface area contributed by atoms with Gasteiger partial charge in [0.05, 0.1) is 15.6 Å². The number of carbonyl (C=O) groups is 2. The van der Waals surface area contributed by atoms with Crippen LogP contribution < -0.4 is 9.62 Å². The van der Waals surface area contributed by atoms with Gasteiger partial charge in [-0.05, 0) is 57.0 Å². The topological polar surface area (TPSA) is 86.8 Å². The molecule has 0 radical (unpaired) electrons. The molecular weight excluding hydrogens is 565 g/mol. The molecule has 1 fully saturated rings. The van der Waals surface area contributed by atoms with E-state index in [4.69, 9.17) is 11.6 Å². The van der Waals surface area contributed by atoms with Gasteiger partial charge >= 0.3 is 0 Å². The first kappa shape index (κ1) is 30.5. The molecule has 0 heterocycles. The summed E-state index contributed by atoms with van der Waals surface area (Å²) >= 11 is 6.43. The van der Waals surface area contributed by atoms with Crippen molar-refractivity contribution in [3.8, 4) is 0 Å². The largest absolute Gasteiger partial charge is 0.352 e. The second kappa shape index (κ2) is 13.5. The van der Waals surface area contributed by atoms with Crippen LogP contribution >= 0.6 is 11.6 Å². The van der Waals surface area contributed by atoms with Gasteiger partial charge in [-0.15, -0.1) is 0 Å². The first-order valence-corrected chi connectivity index (χ1v) is 15.6. The first-order chi connectivity index (χ1) is 19.6. The molecule has 0 bridgehead atoms. The third-order valence-electron chi connectivity index (χ3n) is 7.43. The molecule has 0 saturated heterocycles. The second-order valence-corrected chi connectivity index (χ2v) is 12.7. The monoisotopic (exact) mass is 599 g/mol. The summed E-state index contributed by atoms with van der Waals surface area (Å²) in [5.74, 6) is -1.57. The molecule has 0 spiro atoms. The van der Waals surface area contributed by atoms with Crippen molar-refractivity contribution in [3.63, 3.8) is 0 Å². The Balaban J connectivity index is 1.69. The van der Waals surface area contributed by atoms with Crippen molar-refractivity contribution in [1.82, 2.24) is 10.2 Å². The van der Waals surface area contributed by atoms with Crippen LogP contribution in [0.25, 0.3) is 0 Å². The molecule has 3 aromatic carbocycles. The highest BCUT2D eigenvalue weighted by Crippen LogP contribution is 2.31. The van der Waals surface area contributed by atoms with E-state index in [1.807, 2.05) is 6.92 Å². The van der Waals surface area contributed by atoms with Crippen LogP contribution in [-0.2, 0) is 26.2 Å². The van der Waals surface area contributed by atoms with Crippen LogP contribution in [0.5, 0.6) is 0 Å². The summed E-state index contributed by atoms with van der Waals surface area (Å²) in [5.41, 5.74) is 1.20. The van der Waals surface area contributed by atoms with Crippen molar-refractivity contribution in [3.05, 3.63) is 94.8 Å². The Kier molecular flexibility index (Phi) is 10.0. The van der Waals surface area contributed by atoms with Crippen molar-refractivity contribution in [2.45, 2.75) is 69.5 Å². The molecule has 3 aromatic rings. The molecule has 1 aliphatic carbocycles. The van der Waals surface area contributed by atoms with E-state index < -0.39 is 34.3 Å². The highest BCUT2D eigenvalue weighted by atomic mass is 35.5. The van der Waals surface area contributed by atoms with E-state index in [9.17, 15) is 22.4 Å². The Labute approximate surface area is 246 Å². The van der Waals surface area contributed by atoms with Gasteiger partial charge in [-0.3, -0.25) is 13.9 Å². The fourth-order valence-corrected chi connectivity index (χ4v) is 6.69. The van der Waals surface area contributed by atoms with Crippen molar-refractivity contribution in [1.29, 1.82) is 0 Å². The average Bonchev–Trinajstić information content (AvgIpc) is 2.96. The van der Waals surface area contributed by atoms with Gasteiger partial charge in [-0.2, -0.15) is 0 Å². The molecule has 7 nitrogen and oxygen atoms in total. The Bertz CT molecular complexity index is 1480. The minimum absolute atomic E-state index is 0.00523. The molecule has 10 heteroatoms. The molecule has 4 rings (SSSR count). The van der Waals surface area contributed by atoms with Gasteiger partial charge in [0.2, 0.25) is 11.8 Å². The van der Waals surface area contributed by atoms with Crippen LogP contribution in [0.2, 0.25) is 5.02 Å². The number of benzene rings is 3. The minimum atomic E-state index is -4.24. The van der Waals surface area contributed by atoms with Gasteiger partial charge in [0.1, 0.15) is 18.4 Å². The van der Waals surface area contributed by atoms with Gasteiger partial charge in [-0.25, -0.2) is 12.8 Å². The lowest BCUT2D eigenvalue weighted by Gasteiger charge is -2.33. The molecule has 218 valence electrons.